The van der Waals surface area contributed by atoms with Crippen molar-refractivity contribution in [3.63, 3.8) is 0 Å². The monoisotopic (exact) mass is 437 g/mol. The van der Waals surface area contributed by atoms with Crippen molar-refractivity contribution in [2.24, 2.45) is 0 Å². The van der Waals surface area contributed by atoms with Crippen molar-refractivity contribution < 1.29 is 14.7 Å². The molecular formula is C13H13BrINO3. The van der Waals surface area contributed by atoms with Crippen molar-refractivity contribution in [3.8, 4) is 0 Å². The van der Waals surface area contributed by atoms with Gasteiger partial charge in [0, 0.05) is 8.04 Å². The van der Waals surface area contributed by atoms with E-state index in [1.165, 1.54) is 0 Å². The van der Waals surface area contributed by atoms with E-state index in [-0.39, 0.29) is 12.3 Å². The molecule has 0 heterocycles. The van der Waals surface area contributed by atoms with Crippen molar-refractivity contribution in [1.29, 1.82) is 0 Å². The average molecular weight is 438 g/mol. The highest BCUT2D eigenvalue weighted by molar-refractivity contribution is 14.1. The molecule has 0 atom stereocenters. The third-order valence-electron chi connectivity index (χ3n) is 3.35. The van der Waals surface area contributed by atoms with Crippen LogP contribution in [0, 0.1) is 3.57 Å². The molecule has 1 saturated carbocycles. The van der Waals surface area contributed by atoms with Gasteiger partial charge in [-0.3, -0.25) is 9.59 Å². The Bertz CT molecular complexity index is 529. The second-order valence-corrected chi connectivity index (χ2v) is 6.88. The number of hydrogen-bond acceptors (Lipinski definition) is 2. The highest BCUT2D eigenvalue weighted by Gasteiger charge is 2.40. The number of carbonyl (C=O) groups is 2. The Morgan fingerprint density at radius 1 is 1.42 bits per heavy atom. The first-order valence-corrected chi connectivity index (χ1v) is 7.78. The number of carboxylic acid groups (broad SMARTS) is 1. The molecule has 6 heteroatoms. The number of carboxylic acids is 1. The van der Waals surface area contributed by atoms with E-state index in [0.717, 1.165) is 27.3 Å². The smallest absolute Gasteiger partial charge is 0.305 e. The van der Waals surface area contributed by atoms with Crippen molar-refractivity contribution in [1.82, 2.24) is 5.32 Å². The van der Waals surface area contributed by atoms with Gasteiger partial charge < -0.3 is 10.4 Å². The van der Waals surface area contributed by atoms with Crippen LogP contribution in [0.1, 0.15) is 36.0 Å². The molecule has 4 nitrogen and oxygen atoms in total. The summed E-state index contributed by atoms with van der Waals surface area (Å²) in [5, 5.41) is 11.8. The molecule has 0 bridgehead atoms. The van der Waals surface area contributed by atoms with Crippen molar-refractivity contribution in [3.05, 3.63) is 31.8 Å². The molecule has 1 aromatic carbocycles. The van der Waals surface area contributed by atoms with E-state index in [1.54, 1.807) is 6.07 Å². The fourth-order valence-corrected chi connectivity index (χ4v) is 3.14. The van der Waals surface area contributed by atoms with Gasteiger partial charge in [-0.25, -0.2) is 0 Å². The predicted molar refractivity (Wildman–Crippen MR) is 83.2 cm³/mol. The Kier molecular flexibility index (Phi) is 4.50. The van der Waals surface area contributed by atoms with Crippen LogP contribution < -0.4 is 5.32 Å². The molecule has 0 saturated heterocycles. The third-order valence-corrected chi connectivity index (χ3v) is 4.71. The van der Waals surface area contributed by atoms with Crippen LogP contribution in [0.5, 0.6) is 0 Å². The Labute approximate surface area is 133 Å². The lowest BCUT2D eigenvalue weighted by atomic mass is 9.74. The molecule has 0 aliphatic heterocycles. The van der Waals surface area contributed by atoms with E-state index < -0.39 is 11.5 Å². The van der Waals surface area contributed by atoms with Gasteiger partial charge in [-0.05, 0) is 76.0 Å². The standard InChI is InChI=1S/C13H13BrINO3/c14-10-3-2-8(15)6-9(10)12(19)16-13(4-1-5-13)7-11(17)18/h2-3,6H,1,4-5,7H2,(H,16,19)(H,17,18). The largest absolute Gasteiger partial charge is 0.481 e. The van der Waals surface area contributed by atoms with E-state index in [4.69, 9.17) is 5.11 Å². The van der Waals surface area contributed by atoms with Crippen LogP contribution in [-0.4, -0.2) is 22.5 Å². The van der Waals surface area contributed by atoms with E-state index in [9.17, 15) is 9.59 Å². The third kappa shape index (κ3) is 3.47. The minimum absolute atomic E-state index is 0.0136. The van der Waals surface area contributed by atoms with Crippen LogP contribution in [0.4, 0.5) is 0 Å². The van der Waals surface area contributed by atoms with E-state index >= 15 is 0 Å². The summed E-state index contributed by atoms with van der Waals surface area (Å²) in [6.45, 7) is 0. The molecule has 0 spiro atoms. The van der Waals surface area contributed by atoms with E-state index in [1.807, 2.05) is 12.1 Å². The summed E-state index contributed by atoms with van der Waals surface area (Å²) in [6.07, 6.45) is 2.40. The van der Waals surface area contributed by atoms with Gasteiger partial charge in [0.1, 0.15) is 0 Å². The number of nitrogens with one attached hydrogen (secondary N) is 1. The maximum absolute atomic E-state index is 12.3. The van der Waals surface area contributed by atoms with Crippen LogP contribution in [0.3, 0.4) is 0 Å². The quantitative estimate of drug-likeness (QED) is 0.711. The molecule has 1 fully saturated rings. The van der Waals surface area contributed by atoms with Gasteiger partial charge in [0.05, 0.1) is 17.5 Å². The summed E-state index contributed by atoms with van der Waals surface area (Å²) in [5.74, 6) is -1.09. The molecule has 1 aromatic rings. The number of carbonyl (C=O) groups excluding carboxylic acids is 1. The van der Waals surface area contributed by atoms with Gasteiger partial charge in [-0.15, -0.1) is 0 Å². The fourth-order valence-electron chi connectivity index (χ4n) is 2.22. The normalized spacial score (nSPS) is 16.5. The highest BCUT2D eigenvalue weighted by atomic mass is 127. The molecular weight excluding hydrogens is 425 g/mol. The lowest BCUT2D eigenvalue weighted by molar-refractivity contribution is -0.139. The first kappa shape index (κ1) is 14.8. The summed E-state index contributed by atoms with van der Waals surface area (Å²) in [5.41, 5.74) is -0.0209. The van der Waals surface area contributed by atoms with Crippen LogP contribution in [0.15, 0.2) is 22.7 Å². The molecule has 0 unspecified atom stereocenters. The van der Waals surface area contributed by atoms with Gasteiger partial charge >= 0.3 is 5.97 Å². The number of benzene rings is 1. The molecule has 0 radical (unpaired) electrons. The van der Waals surface area contributed by atoms with Crippen LogP contribution in [0.2, 0.25) is 0 Å². The first-order chi connectivity index (χ1) is 8.92. The molecule has 19 heavy (non-hydrogen) atoms. The van der Waals surface area contributed by atoms with Gasteiger partial charge in [-0.1, -0.05) is 0 Å². The zero-order valence-corrected chi connectivity index (χ0v) is 13.8. The Balaban J connectivity index is 2.16. The zero-order chi connectivity index (χ0) is 14.0. The SMILES string of the molecule is O=C(O)CC1(NC(=O)c2cc(I)ccc2Br)CCC1. The zero-order valence-electron chi connectivity index (χ0n) is 10.1. The summed E-state index contributed by atoms with van der Waals surface area (Å²) in [6, 6.07) is 5.51. The maximum atomic E-state index is 12.3. The molecule has 2 rings (SSSR count). The van der Waals surface area contributed by atoms with Crippen molar-refractivity contribution in [2.75, 3.05) is 0 Å². The first-order valence-electron chi connectivity index (χ1n) is 5.91. The summed E-state index contributed by atoms with van der Waals surface area (Å²) in [4.78, 5) is 23.2. The molecule has 0 aromatic heterocycles. The van der Waals surface area contributed by atoms with Crippen LogP contribution >= 0.6 is 38.5 Å². The van der Waals surface area contributed by atoms with Crippen molar-refractivity contribution >= 4 is 50.4 Å². The highest BCUT2D eigenvalue weighted by Crippen LogP contribution is 2.35. The van der Waals surface area contributed by atoms with Crippen LogP contribution in [0.25, 0.3) is 0 Å². The van der Waals surface area contributed by atoms with Gasteiger partial charge in [-0.2, -0.15) is 0 Å². The average Bonchev–Trinajstić information content (AvgIpc) is 2.28. The van der Waals surface area contributed by atoms with Gasteiger partial charge in [0.2, 0.25) is 0 Å². The fraction of sp³-hybridized carbons (Fsp3) is 0.385. The van der Waals surface area contributed by atoms with Gasteiger partial charge in [0.15, 0.2) is 0 Å². The maximum Gasteiger partial charge on any atom is 0.305 e. The number of halogens is 2. The lowest BCUT2D eigenvalue weighted by Crippen LogP contribution is -2.54. The molecule has 2 N–H and O–H groups in total. The number of hydrogen-bond donors (Lipinski definition) is 2. The second-order valence-electron chi connectivity index (χ2n) is 4.78. The number of amides is 1. The van der Waals surface area contributed by atoms with E-state index in [0.29, 0.717) is 5.56 Å². The summed E-state index contributed by atoms with van der Waals surface area (Å²) >= 11 is 5.49. The topological polar surface area (TPSA) is 66.4 Å². The van der Waals surface area contributed by atoms with E-state index in [2.05, 4.69) is 43.8 Å². The Morgan fingerprint density at radius 2 is 2.11 bits per heavy atom. The molecule has 102 valence electrons. The lowest BCUT2D eigenvalue weighted by Gasteiger charge is -2.41. The molecule has 1 amide bonds. The number of aliphatic carboxylic acids is 1. The number of rotatable bonds is 4. The Morgan fingerprint density at radius 3 is 2.63 bits per heavy atom. The summed E-state index contributed by atoms with van der Waals surface area (Å²) in [7, 11) is 0. The van der Waals surface area contributed by atoms with Gasteiger partial charge in [0.25, 0.3) is 5.91 Å². The predicted octanol–water partition coefficient (Wildman–Crippen LogP) is 3.18. The van der Waals surface area contributed by atoms with Crippen molar-refractivity contribution in [2.45, 2.75) is 31.2 Å². The summed E-state index contributed by atoms with van der Waals surface area (Å²) < 4.78 is 1.68. The minimum atomic E-state index is -0.873. The second kappa shape index (κ2) is 5.78. The minimum Gasteiger partial charge on any atom is -0.481 e. The molecule has 1 aliphatic carbocycles. The Hall–Kier alpha value is -0.630. The molecule has 1 aliphatic rings. The van der Waals surface area contributed by atoms with Crippen LogP contribution in [-0.2, 0) is 4.79 Å².